The van der Waals surface area contributed by atoms with Crippen LogP contribution in [0.5, 0.6) is 0 Å². The standard InChI is InChI=1S/C20H35N6O5.C18H33O3.Nb/c1-2-14-31-15-13-23-19(29)10-9-17(16-27)25-20(30)7-4-3-5-11-22-18(28)8-6-12-24-26-21;19-17-15-13-11-9-7-5-3-1-2-4-6-8-10-12-14-16-18(20)21;/h7,17,27H,2-6,8-15H2,1H3,(H,22,28)(H,23,29)(H,25,30);1-16H2,(H,20,21);/q2*-1;. The van der Waals surface area contributed by atoms with Gasteiger partial charge >= 0.3 is 179 Å². The summed E-state index contributed by atoms with van der Waals surface area (Å²) in [7, 11) is 0. The maximum absolute atomic E-state index is 12.1. The second kappa shape index (κ2) is 42.0. The molecule has 305 valence electrons. The summed E-state index contributed by atoms with van der Waals surface area (Å²) in [5.41, 5.74) is 8.16. The summed E-state index contributed by atoms with van der Waals surface area (Å²) in [5, 5.41) is 30.0. The Hall–Kier alpha value is -2.74. The number of ether oxygens (including phenoxy) is 1. The Kier molecular flexibility index (Phi) is 41.5. The molecule has 0 spiro atoms. The quantitative estimate of drug-likeness (QED) is 0.0111. The SMILES string of the molecule is CCCOCCNC(=O)CCC(NC(=O)[CH-]CCCCNC(=O)CCCN=[N+]=[N-])[C](O)=[Nb].O=[C-]CCCCCCCCCCCCCCCCC(=O)O. The molecule has 0 rings (SSSR count). The average Bonchev–Trinajstić information content (AvgIpc) is 3.13. The van der Waals surface area contributed by atoms with E-state index in [0.717, 1.165) is 59.1 Å². The van der Waals surface area contributed by atoms with E-state index in [4.69, 9.17) is 15.4 Å². The molecule has 14 nitrogen and oxygen atoms in total. The van der Waals surface area contributed by atoms with E-state index >= 15 is 0 Å². The minimum atomic E-state index is -0.669. The molecule has 0 aliphatic carbocycles. The van der Waals surface area contributed by atoms with Crippen molar-refractivity contribution in [3.63, 3.8) is 0 Å². The molecule has 53 heavy (non-hydrogen) atoms. The molecular weight excluding hydrogens is 761 g/mol. The molecule has 3 amide bonds. The van der Waals surface area contributed by atoms with Crippen molar-refractivity contribution in [2.75, 3.05) is 32.8 Å². The number of nitrogens with one attached hydrogen (secondary N) is 3. The number of unbranched alkanes of at least 4 members (excludes halogenated alkanes) is 16. The molecule has 0 radical (unpaired) electrons. The number of amides is 3. The van der Waals surface area contributed by atoms with Crippen LogP contribution in [-0.2, 0) is 49.3 Å². The van der Waals surface area contributed by atoms with Crippen LogP contribution in [0.3, 0.4) is 0 Å². The number of azide groups is 1. The number of carbonyl (C=O) groups is 4. The van der Waals surface area contributed by atoms with E-state index in [1.165, 1.54) is 77.0 Å². The van der Waals surface area contributed by atoms with E-state index < -0.39 is 12.0 Å². The maximum atomic E-state index is 12.1. The molecule has 1 atom stereocenters. The number of aliphatic hydroxyl groups excluding tert-OH is 1. The van der Waals surface area contributed by atoms with Crippen molar-refractivity contribution in [2.24, 2.45) is 5.11 Å². The zero-order valence-corrected chi connectivity index (χ0v) is 34.5. The zero-order valence-electron chi connectivity index (χ0n) is 32.3. The van der Waals surface area contributed by atoms with Crippen LogP contribution in [-0.4, -0.2) is 83.0 Å². The summed E-state index contributed by atoms with van der Waals surface area (Å²) in [6.45, 7) is 4.39. The van der Waals surface area contributed by atoms with Gasteiger partial charge in [-0.15, -0.1) is 0 Å². The van der Waals surface area contributed by atoms with Crippen LogP contribution in [0.4, 0.5) is 0 Å². The van der Waals surface area contributed by atoms with Gasteiger partial charge in [0.2, 0.25) is 0 Å². The van der Waals surface area contributed by atoms with Gasteiger partial charge in [0.15, 0.2) is 0 Å². The summed E-state index contributed by atoms with van der Waals surface area (Å²) in [4.78, 5) is 58.5. The van der Waals surface area contributed by atoms with E-state index in [1.807, 2.05) is 13.2 Å². The second-order valence-electron chi connectivity index (χ2n) is 13.0. The molecule has 0 heterocycles. The number of rotatable bonds is 37. The van der Waals surface area contributed by atoms with Gasteiger partial charge in [0.25, 0.3) is 0 Å². The van der Waals surface area contributed by atoms with Gasteiger partial charge in [0, 0.05) is 17.9 Å². The van der Waals surface area contributed by atoms with E-state index in [1.54, 1.807) is 0 Å². The number of carboxylic acids is 1. The molecule has 0 saturated carbocycles. The van der Waals surface area contributed by atoms with Gasteiger partial charge in [-0.3, -0.25) is 11.1 Å². The Labute approximate surface area is 330 Å². The van der Waals surface area contributed by atoms with Gasteiger partial charge in [-0.25, -0.2) is 0 Å². The molecule has 15 heteroatoms. The molecule has 0 aromatic heterocycles. The normalized spacial score (nSPS) is 10.9. The Morgan fingerprint density at radius 3 is 1.89 bits per heavy atom. The van der Waals surface area contributed by atoms with Crippen LogP contribution >= 0.6 is 0 Å². The van der Waals surface area contributed by atoms with Gasteiger partial charge in [0.1, 0.15) is 0 Å². The van der Waals surface area contributed by atoms with Crippen LogP contribution in [0.25, 0.3) is 10.4 Å². The van der Waals surface area contributed by atoms with Crippen molar-refractivity contribution in [3.05, 3.63) is 16.9 Å². The molecule has 1 unspecified atom stereocenters. The van der Waals surface area contributed by atoms with E-state index in [2.05, 4.69) is 26.0 Å². The second-order valence-corrected chi connectivity index (χ2v) is 14.1. The summed E-state index contributed by atoms with van der Waals surface area (Å²) in [6, 6.07) is -0.570. The number of hydrogen-bond acceptors (Lipinski definition) is 8. The Morgan fingerprint density at radius 1 is 0.774 bits per heavy atom. The Bertz CT molecular complexity index is 1010. The molecule has 0 saturated heterocycles. The number of nitrogens with zero attached hydrogens (tertiary/aromatic N) is 3. The van der Waals surface area contributed by atoms with Crippen LogP contribution in [0, 0.1) is 6.42 Å². The molecule has 0 aromatic carbocycles. The molecule has 0 aliphatic heterocycles. The van der Waals surface area contributed by atoms with Crippen molar-refractivity contribution in [1.82, 2.24) is 16.0 Å². The smallest absolute Gasteiger partial charge is 0.303 e. The van der Waals surface area contributed by atoms with E-state index in [0.29, 0.717) is 71.4 Å². The molecular formula is C38H68N6NbO8-2. The third kappa shape index (κ3) is 43.6. The summed E-state index contributed by atoms with van der Waals surface area (Å²) >= 11 is 1.10. The van der Waals surface area contributed by atoms with Gasteiger partial charge < -0.3 is 9.90 Å². The third-order valence-electron chi connectivity index (χ3n) is 8.13. The van der Waals surface area contributed by atoms with Crippen molar-refractivity contribution in [2.45, 2.75) is 167 Å². The predicted molar refractivity (Wildman–Crippen MR) is 204 cm³/mol. The predicted octanol–water partition coefficient (Wildman–Crippen LogP) is 6.85. The summed E-state index contributed by atoms with van der Waals surface area (Å²) < 4.78 is 5.39. The van der Waals surface area contributed by atoms with Crippen LogP contribution in [0.1, 0.15) is 161 Å². The topological polar surface area (TPSA) is 220 Å². The number of aliphatic hydroxyl groups is 1. The van der Waals surface area contributed by atoms with Crippen molar-refractivity contribution < 1.29 is 59.5 Å². The first-order valence-electron chi connectivity index (χ1n) is 19.7. The van der Waals surface area contributed by atoms with Crippen LogP contribution < -0.4 is 16.0 Å². The monoisotopic (exact) mass is 829 g/mol. The first kappa shape index (κ1) is 52.4. The maximum Gasteiger partial charge on any atom is 0.303 e. The largest absolute Gasteiger partial charge is 0.542 e. The van der Waals surface area contributed by atoms with Crippen LogP contribution in [0.2, 0.25) is 0 Å². The molecule has 0 aromatic rings. The molecule has 0 aliphatic rings. The van der Waals surface area contributed by atoms with Gasteiger partial charge in [-0.1, -0.05) is 88.6 Å². The fraction of sp³-hybridized carbons (Fsp3) is 0.816. The minimum absolute atomic E-state index is 0.0873. The molecule has 5 N–H and O–H groups in total. The van der Waals surface area contributed by atoms with E-state index in [9.17, 15) is 29.1 Å². The van der Waals surface area contributed by atoms with Gasteiger partial charge in [-0.05, 0) is 18.4 Å². The number of aliphatic carboxylic acids is 1. The Morgan fingerprint density at radius 2 is 1.34 bits per heavy atom. The summed E-state index contributed by atoms with van der Waals surface area (Å²) in [5.74, 6) is -1.21. The first-order valence-corrected chi connectivity index (χ1v) is 20.8. The van der Waals surface area contributed by atoms with Crippen molar-refractivity contribution in [1.29, 1.82) is 0 Å². The average molecular weight is 830 g/mol. The minimum Gasteiger partial charge on any atom is -0.542 e. The fourth-order valence-electron chi connectivity index (χ4n) is 5.14. The summed E-state index contributed by atoms with van der Waals surface area (Å²) in [6.07, 6.45) is 25.7. The first-order chi connectivity index (χ1) is 25.7. The van der Waals surface area contributed by atoms with Crippen molar-refractivity contribution in [3.8, 4) is 0 Å². The van der Waals surface area contributed by atoms with Gasteiger partial charge in [0.05, 0.1) is 0 Å². The molecule has 0 bridgehead atoms. The fourth-order valence-corrected chi connectivity index (χ4v) is 5.61. The molecule has 0 fully saturated rings. The van der Waals surface area contributed by atoms with Crippen LogP contribution in [0.15, 0.2) is 5.11 Å². The number of carboxylic acid groups (broad SMARTS) is 1. The zero-order chi connectivity index (χ0) is 39.6. The number of carbonyl (C=O) groups excluding carboxylic acids is 4. The van der Waals surface area contributed by atoms with Crippen molar-refractivity contribution >= 4 is 33.9 Å². The van der Waals surface area contributed by atoms with E-state index in [-0.39, 0.29) is 28.1 Å². The Balaban J connectivity index is 0. The third-order valence-corrected chi connectivity index (χ3v) is 8.90. The number of hydrogen-bond donors (Lipinski definition) is 5. The van der Waals surface area contributed by atoms with Gasteiger partial charge in [-0.2, -0.15) is 6.42 Å².